The Bertz CT molecular complexity index is 286. The molecule has 0 saturated carbocycles. The number of halogens is 1. The van der Waals surface area contributed by atoms with Gasteiger partial charge in [0, 0.05) is 18.4 Å². The zero-order chi connectivity index (χ0) is 10.6. The van der Waals surface area contributed by atoms with E-state index < -0.39 is 0 Å². The molecule has 0 saturated heterocycles. The molecule has 0 radical (unpaired) electrons. The third-order valence-electron chi connectivity index (χ3n) is 2.20. The molecule has 0 fully saturated rings. The predicted octanol–water partition coefficient (Wildman–Crippen LogP) is 2.65. The van der Waals surface area contributed by atoms with Gasteiger partial charge in [-0.2, -0.15) is 0 Å². The van der Waals surface area contributed by atoms with Crippen LogP contribution in [0.15, 0.2) is 18.5 Å². The van der Waals surface area contributed by atoms with Crippen LogP contribution >= 0.6 is 11.6 Å². The molecule has 1 aromatic heterocycles. The van der Waals surface area contributed by atoms with Gasteiger partial charge in [-0.1, -0.05) is 18.5 Å². The first-order chi connectivity index (χ1) is 6.59. The minimum Gasteiger partial charge on any atom is -0.328 e. The largest absolute Gasteiger partial charge is 0.328 e. The first-order valence-electron chi connectivity index (χ1n) is 4.93. The summed E-state index contributed by atoms with van der Waals surface area (Å²) in [5.41, 5.74) is 6.90. The van der Waals surface area contributed by atoms with Crippen molar-refractivity contribution in [2.45, 2.75) is 32.7 Å². The average Bonchev–Trinajstić information content (AvgIpc) is 2.07. The lowest BCUT2D eigenvalue weighted by Gasteiger charge is -2.14. The fraction of sp³-hybridized carbons (Fsp3) is 0.545. The van der Waals surface area contributed by atoms with Gasteiger partial charge in [0.05, 0.1) is 5.02 Å². The summed E-state index contributed by atoms with van der Waals surface area (Å²) in [6, 6.07) is 2.23. The maximum Gasteiger partial charge on any atom is 0.0621 e. The number of rotatable bonds is 4. The van der Waals surface area contributed by atoms with Gasteiger partial charge in [-0.05, 0) is 37.3 Å². The second kappa shape index (κ2) is 5.32. The SMILES string of the molecule is CC(N)CC(C)Cc1ccncc1Cl. The van der Waals surface area contributed by atoms with Crippen molar-refractivity contribution in [3.8, 4) is 0 Å². The maximum atomic E-state index is 6.01. The van der Waals surface area contributed by atoms with Crippen molar-refractivity contribution in [3.05, 3.63) is 29.0 Å². The number of hydrogen-bond acceptors (Lipinski definition) is 2. The molecule has 78 valence electrons. The predicted molar refractivity (Wildman–Crippen MR) is 60.4 cm³/mol. The van der Waals surface area contributed by atoms with Crippen LogP contribution in [-0.4, -0.2) is 11.0 Å². The molecule has 0 bridgehead atoms. The Morgan fingerprint density at radius 2 is 2.21 bits per heavy atom. The van der Waals surface area contributed by atoms with Crippen LogP contribution < -0.4 is 5.73 Å². The third-order valence-corrected chi connectivity index (χ3v) is 2.54. The smallest absolute Gasteiger partial charge is 0.0621 e. The maximum absolute atomic E-state index is 6.01. The lowest BCUT2D eigenvalue weighted by atomic mass is 9.96. The molecule has 0 aliphatic carbocycles. The van der Waals surface area contributed by atoms with Crippen molar-refractivity contribution in [1.82, 2.24) is 4.98 Å². The van der Waals surface area contributed by atoms with E-state index in [1.807, 2.05) is 13.0 Å². The number of nitrogens with two attached hydrogens (primary N) is 1. The molecule has 0 aliphatic heterocycles. The van der Waals surface area contributed by atoms with Gasteiger partial charge in [0.15, 0.2) is 0 Å². The molecule has 1 heterocycles. The minimum atomic E-state index is 0.255. The Balaban J connectivity index is 2.56. The van der Waals surface area contributed by atoms with Crippen LogP contribution in [0.25, 0.3) is 0 Å². The molecule has 0 amide bonds. The monoisotopic (exact) mass is 212 g/mol. The normalized spacial score (nSPS) is 15.1. The van der Waals surface area contributed by atoms with Crippen LogP contribution in [0.3, 0.4) is 0 Å². The van der Waals surface area contributed by atoms with Gasteiger partial charge >= 0.3 is 0 Å². The molecule has 2 unspecified atom stereocenters. The van der Waals surface area contributed by atoms with E-state index in [9.17, 15) is 0 Å². The molecule has 0 spiro atoms. The molecular formula is C11H17ClN2. The van der Waals surface area contributed by atoms with Crippen molar-refractivity contribution >= 4 is 11.6 Å². The van der Waals surface area contributed by atoms with Gasteiger partial charge in [0.25, 0.3) is 0 Å². The highest BCUT2D eigenvalue weighted by atomic mass is 35.5. The fourth-order valence-electron chi connectivity index (χ4n) is 1.66. The standard InChI is InChI=1S/C11H17ClN2/c1-8(5-9(2)13)6-10-3-4-14-7-11(10)12/h3-4,7-9H,5-6,13H2,1-2H3. The molecule has 0 aliphatic rings. The topological polar surface area (TPSA) is 38.9 Å². The first kappa shape index (κ1) is 11.5. The van der Waals surface area contributed by atoms with E-state index in [4.69, 9.17) is 17.3 Å². The number of aromatic nitrogens is 1. The molecular weight excluding hydrogens is 196 g/mol. The van der Waals surface area contributed by atoms with Crippen molar-refractivity contribution in [2.24, 2.45) is 11.7 Å². The minimum absolute atomic E-state index is 0.255. The van der Waals surface area contributed by atoms with E-state index in [2.05, 4.69) is 11.9 Å². The first-order valence-corrected chi connectivity index (χ1v) is 5.31. The highest BCUT2D eigenvalue weighted by Crippen LogP contribution is 2.19. The highest BCUT2D eigenvalue weighted by Gasteiger charge is 2.08. The second-order valence-corrected chi connectivity index (χ2v) is 4.40. The number of pyridine rings is 1. The van der Waals surface area contributed by atoms with Crippen LogP contribution in [-0.2, 0) is 6.42 Å². The van der Waals surface area contributed by atoms with E-state index in [0.29, 0.717) is 5.92 Å². The average molecular weight is 213 g/mol. The zero-order valence-electron chi connectivity index (χ0n) is 8.70. The van der Waals surface area contributed by atoms with Crippen molar-refractivity contribution in [2.75, 3.05) is 0 Å². The zero-order valence-corrected chi connectivity index (χ0v) is 9.46. The Morgan fingerprint density at radius 3 is 2.79 bits per heavy atom. The summed E-state index contributed by atoms with van der Waals surface area (Å²) in [5, 5.41) is 0.754. The van der Waals surface area contributed by atoms with Gasteiger partial charge in [-0.3, -0.25) is 4.98 Å². The summed E-state index contributed by atoms with van der Waals surface area (Å²) < 4.78 is 0. The molecule has 1 rings (SSSR count). The molecule has 2 atom stereocenters. The van der Waals surface area contributed by atoms with E-state index >= 15 is 0 Å². The quantitative estimate of drug-likeness (QED) is 0.834. The highest BCUT2D eigenvalue weighted by molar-refractivity contribution is 6.31. The van der Waals surface area contributed by atoms with Crippen molar-refractivity contribution in [3.63, 3.8) is 0 Å². The van der Waals surface area contributed by atoms with Gasteiger partial charge in [-0.25, -0.2) is 0 Å². The van der Waals surface area contributed by atoms with Gasteiger partial charge < -0.3 is 5.73 Å². The van der Waals surface area contributed by atoms with Crippen LogP contribution in [0, 0.1) is 5.92 Å². The second-order valence-electron chi connectivity index (χ2n) is 3.99. The lowest BCUT2D eigenvalue weighted by Crippen LogP contribution is -2.19. The summed E-state index contributed by atoms with van der Waals surface area (Å²) in [6.45, 7) is 4.23. The third kappa shape index (κ3) is 3.64. The Labute approximate surface area is 90.5 Å². The van der Waals surface area contributed by atoms with E-state index in [-0.39, 0.29) is 6.04 Å². The van der Waals surface area contributed by atoms with Crippen LogP contribution in [0.1, 0.15) is 25.8 Å². The summed E-state index contributed by atoms with van der Waals surface area (Å²) in [5.74, 6) is 0.565. The van der Waals surface area contributed by atoms with Gasteiger partial charge in [0.1, 0.15) is 0 Å². The van der Waals surface area contributed by atoms with E-state index in [0.717, 1.165) is 23.4 Å². The molecule has 1 aromatic rings. The molecule has 2 N–H and O–H groups in total. The molecule has 2 nitrogen and oxygen atoms in total. The Morgan fingerprint density at radius 1 is 1.50 bits per heavy atom. The summed E-state index contributed by atoms with van der Waals surface area (Å²) in [7, 11) is 0. The van der Waals surface area contributed by atoms with E-state index in [1.165, 1.54) is 0 Å². The van der Waals surface area contributed by atoms with Crippen molar-refractivity contribution < 1.29 is 0 Å². The van der Waals surface area contributed by atoms with Crippen molar-refractivity contribution in [1.29, 1.82) is 0 Å². The number of nitrogens with zero attached hydrogens (tertiary/aromatic N) is 1. The molecule has 3 heteroatoms. The summed E-state index contributed by atoms with van der Waals surface area (Å²) in [6.07, 6.45) is 5.47. The Kier molecular flexibility index (Phi) is 4.36. The van der Waals surface area contributed by atoms with Crippen LogP contribution in [0.4, 0.5) is 0 Å². The fourth-order valence-corrected chi connectivity index (χ4v) is 1.86. The summed E-state index contributed by atoms with van der Waals surface area (Å²) >= 11 is 6.01. The van der Waals surface area contributed by atoms with Gasteiger partial charge in [0.2, 0.25) is 0 Å². The van der Waals surface area contributed by atoms with E-state index in [1.54, 1.807) is 12.4 Å². The van der Waals surface area contributed by atoms with Crippen LogP contribution in [0.5, 0.6) is 0 Å². The molecule has 14 heavy (non-hydrogen) atoms. The molecule has 0 aromatic carbocycles. The van der Waals surface area contributed by atoms with Crippen LogP contribution in [0.2, 0.25) is 5.02 Å². The summed E-state index contributed by atoms with van der Waals surface area (Å²) in [4.78, 5) is 3.96. The van der Waals surface area contributed by atoms with Gasteiger partial charge in [-0.15, -0.1) is 0 Å². The Hall–Kier alpha value is -0.600. The lowest BCUT2D eigenvalue weighted by molar-refractivity contribution is 0.480. The number of hydrogen-bond donors (Lipinski definition) is 1.